The maximum atomic E-state index is 13.5. The summed E-state index contributed by atoms with van der Waals surface area (Å²) in [4.78, 5) is 37.9. The molecule has 2 aromatic rings. The molecule has 3 aliphatic rings. The molecule has 1 aromatic heterocycles. The molecule has 27 heavy (non-hydrogen) atoms. The third kappa shape index (κ3) is 2.93. The molecule has 0 spiro atoms. The van der Waals surface area contributed by atoms with Crippen molar-refractivity contribution in [3.8, 4) is 5.75 Å². The highest BCUT2D eigenvalue weighted by atomic mass is 16.5. The molecule has 1 saturated carbocycles. The second-order valence-electron chi connectivity index (χ2n) is 7.40. The van der Waals surface area contributed by atoms with Gasteiger partial charge in [-0.3, -0.25) is 14.6 Å². The van der Waals surface area contributed by atoms with Crippen LogP contribution in [0.3, 0.4) is 0 Å². The lowest BCUT2D eigenvalue weighted by molar-refractivity contribution is -0.122. The number of benzene rings is 1. The van der Waals surface area contributed by atoms with E-state index in [4.69, 9.17) is 4.74 Å². The Morgan fingerprint density at radius 3 is 2.85 bits per heavy atom. The first-order chi connectivity index (χ1) is 13.2. The first-order valence-corrected chi connectivity index (χ1v) is 9.35. The van der Waals surface area contributed by atoms with Gasteiger partial charge in [0.25, 0.3) is 5.91 Å². The van der Waals surface area contributed by atoms with Crippen molar-refractivity contribution in [2.45, 2.75) is 31.4 Å². The van der Waals surface area contributed by atoms with Crippen LogP contribution in [-0.4, -0.2) is 51.9 Å². The second kappa shape index (κ2) is 6.33. The summed E-state index contributed by atoms with van der Waals surface area (Å²) >= 11 is 0. The van der Waals surface area contributed by atoms with E-state index in [-0.39, 0.29) is 23.6 Å². The average molecular weight is 364 g/mol. The number of fused-ring (bicyclic) bond motifs is 3. The third-order valence-corrected chi connectivity index (χ3v) is 5.44. The molecular formula is C20H20N4O3. The smallest absolute Gasteiger partial charge is 0.274 e. The third-order valence-electron chi connectivity index (χ3n) is 5.44. The zero-order valence-corrected chi connectivity index (χ0v) is 14.8. The summed E-state index contributed by atoms with van der Waals surface area (Å²) in [6.07, 6.45) is 7.03. The van der Waals surface area contributed by atoms with Crippen molar-refractivity contribution in [3.63, 3.8) is 0 Å². The van der Waals surface area contributed by atoms with Gasteiger partial charge < -0.3 is 14.5 Å². The van der Waals surface area contributed by atoms with E-state index in [1.807, 2.05) is 29.2 Å². The number of para-hydroxylation sites is 2. The van der Waals surface area contributed by atoms with Crippen molar-refractivity contribution < 1.29 is 14.3 Å². The summed E-state index contributed by atoms with van der Waals surface area (Å²) in [7, 11) is 0. The first-order valence-electron chi connectivity index (χ1n) is 9.35. The van der Waals surface area contributed by atoms with E-state index in [2.05, 4.69) is 9.97 Å². The van der Waals surface area contributed by atoms with Crippen LogP contribution < -0.4 is 9.64 Å². The van der Waals surface area contributed by atoms with Gasteiger partial charge in [-0.2, -0.15) is 0 Å². The molecule has 138 valence electrons. The molecule has 1 aliphatic carbocycles. The zero-order chi connectivity index (χ0) is 18.4. The van der Waals surface area contributed by atoms with E-state index >= 15 is 0 Å². The molecule has 0 N–H and O–H groups in total. The van der Waals surface area contributed by atoms with Crippen molar-refractivity contribution in [3.05, 3.63) is 48.5 Å². The topological polar surface area (TPSA) is 75.6 Å². The normalized spacial score (nSPS) is 24.1. The first kappa shape index (κ1) is 16.2. The van der Waals surface area contributed by atoms with Crippen LogP contribution in [0, 0.1) is 5.92 Å². The maximum absolute atomic E-state index is 13.5. The fourth-order valence-electron chi connectivity index (χ4n) is 3.90. The molecule has 2 atom stereocenters. The lowest BCUT2D eigenvalue weighted by Gasteiger charge is -2.31. The molecule has 2 amide bonds. The van der Waals surface area contributed by atoms with Crippen molar-refractivity contribution in [2.75, 3.05) is 18.0 Å². The number of aromatic nitrogens is 2. The van der Waals surface area contributed by atoms with Crippen LogP contribution in [0.5, 0.6) is 5.75 Å². The van der Waals surface area contributed by atoms with Gasteiger partial charge in [0.2, 0.25) is 5.91 Å². The molecule has 1 aromatic carbocycles. The molecular weight excluding hydrogens is 344 g/mol. The number of hydrogen-bond donors (Lipinski definition) is 0. The van der Waals surface area contributed by atoms with Crippen molar-refractivity contribution >= 4 is 17.5 Å². The van der Waals surface area contributed by atoms with Crippen LogP contribution >= 0.6 is 0 Å². The van der Waals surface area contributed by atoms with Gasteiger partial charge in [-0.1, -0.05) is 12.1 Å². The minimum absolute atomic E-state index is 0.0302. The van der Waals surface area contributed by atoms with E-state index in [0.29, 0.717) is 31.2 Å². The molecule has 0 radical (unpaired) electrons. The highest BCUT2D eigenvalue weighted by molar-refractivity contribution is 6.03. The largest absolute Gasteiger partial charge is 0.486 e. The van der Waals surface area contributed by atoms with Crippen LogP contribution in [0.1, 0.15) is 29.8 Å². The van der Waals surface area contributed by atoms with E-state index < -0.39 is 6.04 Å². The number of likely N-dealkylation sites (tertiary alicyclic amines) is 1. The Balaban J connectivity index is 1.51. The molecule has 2 fully saturated rings. The Morgan fingerprint density at radius 2 is 2.07 bits per heavy atom. The van der Waals surface area contributed by atoms with E-state index in [0.717, 1.165) is 18.5 Å². The van der Waals surface area contributed by atoms with Crippen molar-refractivity contribution in [1.29, 1.82) is 0 Å². The highest BCUT2D eigenvalue weighted by Crippen LogP contribution is 2.39. The van der Waals surface area contributed by atoms with Crippen LogP contribution in [0.4, 0.5) is 5.69 Å². The number of amides is 2. The molecule has 3 heterocycles. The van der Waals surface area contributed by atoms with Crippen LogP contribution in [0.15, 0.2) is 42.9 Å². The molecule has 2 unspecified atom stereocenters. The molecule has 5 rings (SSSR count). The number of carbonyl (C=O) groups excluding carboxylic acids is 2. The second-order valence-corrected chi connectivity index (χ2v) is 7.40. The van der Waals surface area contributed by atoms with Gasteiger partial charge in [0.15, 0.2) is 0 Å². The minimum Gasteiger partial charge on any atom is -0.486 e. The van der Waals surface area contributed by atoms with Gasteiger partial charge in [-0.05, 0) is 30.9 Å². The lowest BCUT2D eigenvalue weighted by Crippen LogP contribution is -2.48. The monoisotopic (exact) mass is 364 g/mol. The summed E-state index contributed by atoms with van der Waals surface area (Å²) in [5.41, 5.74) is 1.05. The summed E-state index contributed by atoms with van der Waals surface area (Å²) in [5.74, 6) is 0.939. The van der Waals surface area contributed by atoms with Gasteiger partial charge in [-0.15, -0.1) is 0 Å². The van der Waals surface area contributed by atoms with Gasteiger partial charge in [-0.25, -0.2) is 4.98 Å². The Hall–Kier alpha value is -2.96. The Morgan fingerprint density at radius 1 is 1.22 bits per heavy atom. The SMILES string of the molecule is O=C1C2CC(CN2C(=O)c2cnccn2)Oc2ccccc2N1CC1CC1. The fourth-order valence-corrected chi connectivity index (χ4v) is 3.90. The van der Waals surface area contributed by atoms with E-state index in [9.17, 15) is 9.59 Å². The van der Waals surface area contributed by atoms with Crippen molar-refractivity contribution in [2.24, 2.45) is 5.92 Å². The molecule has 2 aliphatic heterocycles. The van der Waals surface area contributed by atoms with Crippen molar-refractivity contribution in [1.82, 2.24) is 14.9 Å². The fraction of sp³-hybridized carbons (Fsp3) is 0.400. The van der Waals surface area contributed by atoms with Crippen LogP contribution in [0.2, 0.25) is 0 Å². The van der Waals surface area contributed by atoms with Crippen LogP contribution in [-0.2, 0) is 4.79 Å². The number of rotatable bonds is 3. The number of ether oxygens (including phenoxy) is 1. The van der Waals surface area contributed by atoms with Gasteiger partial charge in [0.05, 0.1) is 18.4 Å². The number of nitrogens with zero attached hydrogens (tertiary/aromatic N) is 4. The Bertz CT molecular complexity index is 884. The summed E-state index contributed by atoms with van der Waals surface area (Å²) in [6.45, 7) is 1.05. The van der Waals surface area contributed by atoms with E-state index in [1.165, 1.54) is 18.6 Å². The van der Waals surface area contributed by atoms with Gasteiger partial charge >= 0.3 is 0 Å². The zero-order valence-electron chi connectivity index (χ0n) is 14.8. The number of hydrogen-bond acceptors (Lipinski definition) is 5. The molecule has 2 bridgehead atoms. The van der Waals surface area contributed by atoms with Gasteiger partial charge in [0, 0.05) is 25.4 Å². The van der Waals surface area contributed by atoms with Crippen LogP contribution in [0.25, 0.3) is 0 Å². The summed E-state index contributed by atoms with van der Waals surface area (Å²) < 4.78 is 6.20. The maximum Gasteiger partial charge on any atom is 0.274 e. The molecule has 7 heteroatoms. The lowest BCUT2D eigenvalue weighted by atomic mass is 10.1. The number of anilines is 1. The minimum atomic E-state index is -0.531. The Kier molecular flexibility index (Phi) is 3.81. The van der Waals surface area contributed by atoms with Gasteiger partial charge in [0.1, 0.15) is 23.6 Å². The Labute approximate surface area is 157 Å². The summed E-state index contributed by atoms with van der Waals surface area (Å²) in [6, 6.07) is 7.12. The average Bonchev–Trinajstić information content (AvgIpc) is 3.42. The summed E-state index contributed by atoms with van der Waals surface area (Å²) in [5, 5.41) is 0. The number of carbonyl (C=O) groups is 2. The highest BCUT2D eigenvalue weighted by Gasteiger charge is 2.46. The molecule has 1 saturated heterocycles. The quantitative estimate of drug-likeness (QED) is 0.831. The predicted octanol–water partition coefficient (Wildman–Crippen LogP) is 1.90. The predicted molar refractivity (Wildman–Crippen MR) is 97.4 cm³/mol. The van der Waals surface area contributed by atoms with E-state index in [1.54, 1.807) is 4.90 Å². The standard InChI is InChI=1S/C20H20N4O3/c25-19(15-10-21-7-8-22-15)24-12-14-9-17(24)20(26)23(11-13-5-6-13)16-3-1-2-4-18(16)27-14/h1-4,7-8,10,13-14,17H,5-6,9,11-12H2. The molecule has 7 nitrogen and oxygen atoms in total.